The number of aromatic nitrogens is 2. The van der Waals surface area contributed by atoms with Gasteiger partial charge < -0.3 is 5.32 Å². The Morgan fingerprint density at radius 2 is 1.69 bits per heavy atom. The van der Waals surface area contributed by atoms with Crippen LogP contribution in [0.25, 0.3) is 0 Å². The lowest BCUT2D eigenvalue weighted by Gasteiger charge is -2.34. The Labute approximate surface area is 152 Å². The molecule has 1 aliphatic rings. The zero-order valence-corrected chi connectivity index (χ0v) is 14.8. The molecule has 7 nitrogen and oxygen atoms in total. The van der Waals surface area contributed by atoms with Crippen molar-refractivity contribution in [3.05, 3.63) is 48.8 Å². The van der Waals surface area contributed by atoms with Crippen molar-refractivity contribution in [1.82, 2.24) is 14.9 Å². The first kappa shape index (κ1) is 18.0. The van der Waals surface area contributed by atoms with E-state index in [0.29, 0.717) is 19.0 Å². The van der Waals surface area contributed by atoms with Crippen LogP contribution in [0.15, 0.2) is 48.8 Å². The molecule has 1 aromatic heterocycles. The van der Waals surface area contributed by atoms with Crippen molar-refractivity contribution >= 4 is 23.5 Å². The molecule has 1 atom stereocenters. The zero-order valence-electron chi connectivity index (χ0n) is 14.8. The van der Waals surface area contributed by atoms with Crippen LogP contribution < -0.4 is 10.6 Å². The smallest absolute Gasteiger partial charge is 0.243 e. The number of amides is 2. The van der Waals surface area contributed by atoms with Crippen LogP contribution in [0.3, 0.4) is 0 Å². The van der Waals surface area contributed by atoms with Crippen molar-refractivity contribution in [3.8, 4) is 0 Å². The average Bonchev–Trinajstić information content (AvgIpc) is 2.69. The van der Waals surface area contributed by atoms with Crippen LogP contribution in [0.5, 0.6) is 0 Å². The summed E-state index contributed by atoms with van der Waals surface area (Å²) >= 11 is 0. The SMILES string of the molecule is CC(C(=O)Nc1ncccn1)N1CCC(C(=O)Nc2ccccc2)CC1. The van der Waals surface area contributed by atoms with E-state index in [0.717, 1.165) is 18.5 Å². The van der Waals surface area contributed by atoms with Crippen LogP contribution in [-0.2, 0) is 9.59 Å². The minimum Gasteiger partial charge on any atom is -0.326 e. The molecular formula is C19H23N5O2. The highest BCUT2D eigenvalue weighted by atomic mass is 16.2. The lowest BCUT2D eigenvalue weighted by Crippen LogP contribution is -2.47. The van der Waals surface area contributed by atoms with Crippen molar-refractivity contribution in [1.29, 1.82) is 0 Å². The largest absolute Gasteiger partial charge is 0.326 e. The van der Waals surface area contributed by atoms with Gasteiger partial charge in [0.25, 0.3) is 0 Å². The zero-order chi connectivity index (χ0) is 18.4. The van der Waals surface area contributed by atoms with Gasteiger partial charge in [0, 0.05) is 24.0 Å². The summed E-state index contributed by atoms with van der Waals surface area (Å²) in [4.78, 5) is 34.9. The molecule has 0 aliphatic carbocycles. The number of para-hydroxylation sites is 1. The van der Waals surface area contributed by atoms with Crippen LogP contribution in [0.2, 0.25) is 0 Å². The number of rotatable bonds is 5. The lowest BCUT2D eigenvalue weighted by molar-refractivity contribution is -0.123. The van der Waals surface area contributed by atoms with Crippen LogP contribution in [0.1, 0.15) is 19.8 Å². The van der Waals surface area contributed by atoms with Gasteiger partial charge in [0.2, 0.25) is 17.8 Å². The molecule has 2 N–H and O–H groups in total. The third-order valence-electron chi connectivity index (χ3n) is 4.67. The standard InChI is InChI=1S/C19H23N5O2/c1-14(17(25)23-19-20-10-5-11-21-19)24-12-8-15(9-13-24)18(26)22-16-6-3-2-4-7-16/h2-7,10-11,14-15H,8-9,12-13H2,1H3,(H,22,26)(H,20,21,23,25). The van der Waals surface area contributed by atoms with E-state index >= 15 is 0 Å². The molecule has 2 aromatic rings. The van der Waals surface area contributed by atoms with E-state index in [-0.39, 0.29) is 23.8 Å². The fourth-order valence-corrected chi connectivity index (χ4v) is 3.06. The predicted octanol–water partition coefficient (Wildman–Crippen LogP) is 2.15. The minimum absolute atomic E-state index is 0.0285. The summed E-state index contributed by atoms with van der Waals surface area (Å²) in [5.74, 6) is 0.190. The maximum absolute atomic E-state index is 12.4. The number of anilines is 2. The molecule has 2 amide bonds. The van der Waals surface area contributed by atoms with E-state index in [2.05, 4.69) is 25.5 Å². The van der Waals surface area contributed by atoms with Gasteiger partial charge in [-0.3, -0.25) is 19.8 Å². The number of piperidine rings is 1. The number of hydrogen-bond donors (Lipinski definition) is 2. The molecule has 1 unspecified atom stereocenters. The Kier molecular flexibility index (Phi) is 5.91. The monoisotopic (exact) mass is 353 g/mol. The van der Waals surface area contributed by atoms with Gasteiger partial charge in [0.15, 0.2) is 0 Å². The molecule has 7 heteroatoms. The molecule has 0 spiro atoms. The number of hydrogen-bond acceptors (Lipinski definition) is 5. The first-order valence-electron chi connectivity index (χ1n) is 8.81. The van der Waals surface area contributed by atoms with Crippen LogP contribution in [0, 0.1) is 5.92 Å². The number of carbonyl (C=O) groups is 2. The van der Waals surface area contributed by atoms with Gasteiger partial charge in [-0.25, -0.2) is 9.97 Å². The quantitative estimate of drug-likeness (QED) is 0.860. The highest BCUT2D eigenvalue weighted by Gasteiger charge is 2.30. The van der Waals surface area contributed by atoms with E-state index in [9.17, 15) is 9.59 Å². The van der Waals surface area contributed by atoms with Gasteiger partial charge in [0.1, 0.15) is 0 Å². The Morgan fingerprint density at radius 3 is 2.35 bits per heavy atom. The molecular weight excluding hydrogens is 330 g/mol. The lowest BCUT2D eigenvalue weighted by atomic mass is 9.94. The molecule has 1 aromatic carbocycles. The Hall–Kier alpha value is -2.80. The van der Waals surface area contributed by atoms with Gasteiger partial charge >= 0.3 is 0 Å². The molecule has 136 valence electrons. The van der Waals surface area contributed by atoms with Crippen molar-refractivity contribution < 1.29 is 9.59 Å². The highest BCUT2D eigenvalue weighted by molar-refractivity contribution is 5.93. The second kappa shape index (κ2) is 8.53. The van der Waals surface area contributed by atoms with Crippen molar-refractivity contribution in [2.75, 3.05) is 23.7 Å². The fourth-order valence-electron chi connectivity index (χ4n) is 3.06. The van der Waals surface area contributed by atoms with E-state index in [4.69, 9.17) is 0 Å². The molecule has 0 radical (unpaired) electrons. The van der Waals surface area contributed by atoms with Gasteiger partial charge in [-0.1, -0.05) is 18.2 Å². The van der Waals surface area contributed by atoms with Crippen LogP contribution in [-0.4, -0.2) is 45.8 Å². The van der Waals surface area contributed by atoms with E-state index in [1.54, 1.807) is 18.5 Å². The average molecular weight is 353 g/mol. The van der Waals surface area contributed by atoms with E-state index in [1.165, 1.54) is 0 Å². The second-order valence-corrected chi connectivity index (χ2v) is 6.40. The molecule has 2 heterocycles. The number of carbonyl (C=O) groups excluding carboxylic acids is 2. The molecule has 0 saturated carbocycles. The van der Waals surface area contributed by atoms with E-state index in [1.807, 2.05) is 37.3 Å². The van der Waals surface area contributed by atoms with E-state index < -0.39 is 0 Å². The van der Waals surface area contributed by atoms with Gasteiger partial charge in [-0.2, -0.15) is 0 Å². The summed E-state index contributed by atoms with van der Waals surface area (Å²) in [5.41, 5.74) is 0.815. The molecule has 0 bridgehead atoms. The normalized spacial score (nSPS) is 16.7. The summed E-state index contributed by atoms with van der Waals surface area (Å²) in [6.45, 7) is 3.27. The summed E-state index contributed by atoms with van der Waals surface area (Å²) in [7, 11) is 0. The van der Waals surface area contributed by atoms with Crippen LogP contribution in [0.4, 0.5) is 11.6 Å². The van der Waals surface area contributed by atoms with Gasteiger partial charge in [-0.15, -0.1) is 0 Å². The predicted molar refractivity (Wildman–Crippen MR) is 99.5 cm³/mol. The van der Waals surface area contributed by atoms with Crippen molar-refractivity contribution in [3.63, 3.8) is 0 Å². The number of likely N-dealkylation sites (tertiary alicyclic amines) is 1. The third-order valence-corrected chi connectivity index (χ3v) is 4.67. The minimum atomic E-state index is -0.294. The molecule has 26 heavy (non-hydrogen) atoms. The number of benzene rings is 1. The Morgan fingerprint density at radius 1 is 1.04 bits per heavy atom. The molecule has 1 aliphatic heterocycles. The Bertz CT molecular complexity index is 730. The summed E-state index contributed by atoms with van der Waals surface area (Å²) in [6.07, 6.45) is 4.64. The maximum Gasteiger partial charge on any atom is 0.243 e. The first-order valence-corrected chi connectivity index (χ1v) is 8.81. The maximum atomic E-state index is 12.4. The van der Waals surface area contributed by atoms with Gasteiger partial charge in [0.05, 0.1) is 6.04 Å². The first-order chi connectivity index (χ1) is 12.6. The third kappa shape index (κ3) is 4.64. The van der Waals surface area contributed by atoms with Crippen molar-refractivity contribution in [2.45, 2.75) is 25.8 Å². The Balaban J connectivity index is 1.48. The van der Waals surface area contributed by atoms with Crippen molar-refractivity contribution in [2.24, 2.45) is 5.92 Å². The summed E-state index contributed by atoms with van der Waals surface area (Å²) in [5, 5.41) is 5.68. The molecule has 1 fully saturated rings. The molecule has 1 saturated heterocycles. The number of nitrogens with zero attached hydrogens (tertiary/aromatic N) is 3. The molecule has 3 rings (SSSR count). The topological polar surface area (TPSA) is 87.2 Å². The summed E-state index contributed by atoms with van der Waals surface area (Å²) in [6, 6.07) is 10.9. The summed E-state index contributed by atoms with van der Waals surface area (Å²) < 4.78 is 0. The second-order valence-electron chi connectivity index (χ2n) is 6.40. The van der Waals surface area contributed by atoms with Crippen LogP contribution >= 0.6 is 0 Å². The number of nitrogens with one attached hydrogen (secondary N) is 2. The fraction of sp³-hybridized carbons (Fsp3) is 0.368. The van der Waals surface area contributed by atoms with Gasteiger partial charge in [-0.05, 0) is 51.1 Å². The highest BCUT2D eigenvalue weighted by Crippen LogP contribution is 2.21.